The average molecular weight is 273 g/mol. The number of hydrogen-bond donors (Lipinski definition) is 0. The molecule has 0 amide bonds. The molecule has 0 aliphatic carbocycles. The van der Waals surface area contributed by atoms with E-state index in [4.69, 9.17) is 4.74 Å². The summed E-state index contributed by atoms with van der Waals surface area (Å²) in [6, 6.07) is 7.58. The van der Waals surface area contributed by atoms with Crippen LogP contribution in [0.15, 0.2) is 42.7 Å². The first-order chi connectivity index (χ1) is 9.54. The molecule has 0 radical (unpaired) electrons. The minimum absolute atomic E-state index is 0.0271. The van der Waals surface area contributed by atoms with Crippen molar-refractivity contribution < 1.29 is 13.9 Å². The van der Waals surface area contributed by atoms with E-state index in [1.165, 1.54) is 18.3 Å². The van der Waals surface area contributed by atoms with Gasteiger partial charge in [0, 0.05) is 18.2 Å². The lowest BCUT2D eigenvalue weighted by atomic mass is 10.0. The van der Waals surface area contributed by atoms with Gasteiger partial charge in [-0.25, -0.2) is 4.39 Å². The van der Waals surface area contributed by atoms with E-state index >= 15 is 0 Å². The van der Waals surface area contributed by atoms with Crippen molar-refractivity contribution in [3.8, 4) is 5.75 Å². The van der Waals surface area contributed by atoms with Crippen molar-refractivity contribution in [3.05, 3.63) is 59.7 Å². The van der Waals surface area contributed by atoms with Crippen LogP contribution in [0.25, 0.3) is 0 Å². The van der Waals surface area contributed by atoms with Gasteiger partial charge < -0.3 is 4.74 Å². The van der Waals surface area contributed by atoms with E-state index in [1.807, 2.05) is 13.8 Å². The van der Waals surface area contributed by atoms with E-state index < -0.39 is 0 Å². The molecule has 104 valence electrons. The van der Waals surface area contributed by atoms with Crippen molar-refractivity contribution in [2.75, 3.05) is 0 Å². The molecule has 0 aliphatic heterocycles. The van der Waals surface area contributed by atoms with Crippen LogP contribution in [0, 0.1) is 5.82 Å². The molecule has 0 bridgehead atoms. The summed E-state index contributed by atoms with van der Waals surface area (Å²) < 4.78 is 18.3. The van der Waals surface area contributed by atoms with Crippen LogP contribution < -0.4 is 4.74 Å². The molecule has 0 aliphatic rings. The number of carbonyl (C=O) groups excluding carboxylic acids is 1. The minimum Gasteiger partial charge on any atom is -0.489 e. The van der Waals surface area contributed by atoms with Crippen molar-refractivity contribution in [2.24, 2.45) is 0 Å². The highest BCUT2D eigenvalue weighted by molar-refractivity contribution is 5.97. The molecule has 4 heteroatoms. The molecule has 3 nitrogen and oxygen atoms in total. The molecule has 0 N–H and O–H groups in total. The van der Waals surface area contributed by atoms with E-state index in [-0.39, 0.29) is 24.1 Å². The Hall–Kier alpha value is -2.23. The second-order valence-electron chi connectivity index (χ2n) is 4.80. The number of ketones is 1. The molecular formula is C16H16FNO2. The summed E-state index contributed by atoms with van der Waals surface area (Å²) >= 11 is 0. The molecule has 1 heterocycles. The molecule has 0 spiro atoms. The molecular weight excluding hydrogens is 257 g/mol. The highest BCUT2D eigenvalue weighted by Crippen LogP contribution is 2.15. The highest BCUT2D eigenvalue weighted by atomic mass is 19.1. The van der Waals surface area contributed by atoms with E-state index in [9.17, 15) is 9.18 Å². The second kappa shape index (κ2) is 6.28. The van der Waals surface area contributed by atoms with Gasteiger partial charge >= 0.3 is 0 Å². The Kier molecular flexibility index (Phi) is 4.45. The van der Waals surface area contributed by atoms with Crippen molar-refractivity contribution in [1.29, 1.82) is 0 Å². The van der Waals surface area contributed by atoms with Gasteiger partial charge in [-0.15, -0.1) is 0 Å². The molecule has 1 aromatic carbocycles. The summed E-state index contributed by atoms with van der Waals surface area (Å²) in [5.41, 5.74) is 1.26. The van der Waals surface area contributed by atoms with Crippen LogP contribution in [0.3, 0.4) is 0 Å². The van der Waals surface area contributed by atoms with Gasteiger partial charge in [-0.3, -0.25) is 9.78 Å². The largest absolute Gasteiger partial charge is 0.489 e. The molecule has 0 saturated heterocycles. The number of nitrogens with zero attached hydrogens (tertiary/aromatic N) is 1. The van der Waals surface area contributed by atoms with E-state index in [0.717, 1.165) is 5.56 Å². The smallest absolute Gasteiger partial charge is 0.168 e. The van der Waals surface area contributed by atoms with Gasteiger partial charge in [0.2, 0.25) is 0 Å². The van der Waals surface area contributed by atoms with Gasteiger partial charge in [0.05, 0.1) is 12.3 Å². The van der Waals surface area contributed by atoms with E-state index in [0.29, 0.717) is 11.3 Å². The molecule has 20 heavy (non-hydrogen) atoms. The maximum atomic E-state index is 12.8. The highest BCUT2D eigenvalue weighted by Gasteiger charge is 2.09. The first-order valence-electron chi connectivity index (χ1n) is 6.44. The third-order valence-corrected chi connectivity index (χ3v) is 2.68. The maximum absolute atomic E-state index is 12.8. The third kappa shape index (κ3) is 3.88. The summed E-state index contributed by atoms with van der Waals surface area (Å²) in [7, 11) is 0. The second-order valence-corrected chi connectivity index (χ2v) is 4.80. The van der Waals surface area contributed by atoms with Gasteiger partial charge in [-0.2, -0.15) is 0 Å². The fourth-order valence-corrected chi connectivity index (χ4v) is 1.80. The maximum Gasteiger partial charge on any atom is 0.168 e. The van der Waals surface area contributed by atoms with Crippen molar-refractivity contribution in [2.45, 2.75) is 26.4 Å². The lowest BCUT2D eigenvalue weighted by molar-refractivity contribution is 0.0991. The van der Waals surface area contributed by atoms with E-state index in [1.54, 1.807) is 24.4 Å². The van der Waals surface area contributed by atoms with Crippen LogP contribution >= 0.6 is 0 Å². The molecule has 0 atom stereocenters. The molecule has 0 unspecified atom stereocenters. The van der Waals surface area contributed by atoms with Crippen LogP contribution in [0.5, 0.6) is 5.75 Å². The zero-order valence-electron chi connectivity index (χ0n) is 11.5. The van der Waals surface area contributed by atoms with Gasteiger partial charge in [0.1, 0.15) is 11.6 Å². The quantitative estimate of drug-likeness (QED) is 0.783. The fraction of sp³-hybridized carbons (Fsp3) is 0.250. The number of hydrogen-bond acceptors (Lipinski definition) is 3. The monoisotopic (exact) mass is 273 g/mol. The van der Waals surface area contributed by atoms with Crippen molar-refractivity contribution in [1.82, 2.24) is 4.98 Å². The minimum atomic E-state index is -0.310. The van der Waals surface area contributed by atoms with Crippen LogP contribution in [-0.4, -0.2) is 16.9 Å². The Morgan fingerprint density at radius 1 is 1.25 bits per heavy atom. The standard InChI is InChI=1S/C16H16FNO2/c1-11(2)20-15-8-13(9-18-10-15)16(19)7-12-3-5-14(17)6-4-12/h3-6,8-11H,7H2,1-2H3. The fourth-order valence-electron chi connectivity index (χ4n) is 1.80. The molecule has 2 rings (SSSR count). The van der Waals surface area contributed by atoms with Crippen LogP contribution in [-0.2, 0) is 6.42 Å². The number of aromatic nitrogens is 1. The zero-order valence-corrected chi connectivity index (χ0v) is 11.5. The van der Waals surface area contributed by atoms with Crippen LogP contribution in [0.4, 0.5) is 4.39 Å². The molecule has 0 saturated carbocycles. The van der Waals surface area contributed by atoms with Gasteiger partial charge in [0.25, 0.3) is 0 Å². The predicted molar refractivity (Wildman–Crippen MR) is 74.4 cm³/mol. The number of rotatable bonds is 5. The first-order valence-corrected chi connectivity index (χ1v) is 6.44. The summed E-state index contributed by atoms with van der Waals surface area (Å²) in [6.45, 7) is 3.82. The Bertz CT molecular complexity index is 594. The number of ether oxygens (including phenoxy) is 1. The normalized spacial score (nSPS) is 10.6. The van der Waals surface area contributed by atoms with Crippen molar-refractivity contribution >= 4 is 5.78 Å². The summed E-state index contributed by atoms with van der Waals surface area (Å²) in [6.07, 6.45) is 3.33. The number of Topliss-reactive ketones (excluding diaryl/α,β-unsaturated/α-hetero) is 1. The SMILES string of the molecule is CC(C)Oc1cncc(C(=O)Cc2ccc(F)cc2)c1. The van der Waals surface area contributed by atoms with Gasteiger partial charge in [-0.1, -0.05) is 12.1 Å². The predicted octanol–water partition coefficient (Wildman–Crippen LogP) is 3.43. The van der Waals surface area contributed by atoms with Gasteiger partial charge in [-0.05, 0) is 37.6 Å². The van der Waals surface area contributed by atoms with Crippen LogP contribution in [0.2, 0.25) is 0 Å². The molecule has 1 aromatic heterocycles. The Morgan fingerprint density at radius 2 is 1.95 bits per heavy atom. The van der Waals surface area contributed by atoms with Gasteiger partial charge in [0.15, 0.2) is 5.78 Å². The number of halogens is 1. The molecule has 2 aromatic rings. The average Bonchev–Trinajstić information content (AvgIpc) is 2.41. The van der Waals surface area contributed by atoms with E-state index in [2.05, 4.69) is 4.98 Å². The lowest BCUT2D eigenvalue weighted by Gasteiger charge is -2.10. The third-order valence-electron chi connectivity index (χ3n) is 2.68. The Balaban J connectivity index is 2.10. The Morgan fingerprint density at radius 3 is 2.60 bits per heavy atom. The first kappa shape index (κ1) is 14.2. The lowest BCUT2D eigenvalue weighted by Crippen LogP contribution is -2.08. The topological polar surface area (TPSA) is 39.2 Å². The Labute approximate surface area is 117 Å². The number of carbonyl (C=O) groups is 1. The van der Waals surface area contributed by atoms with Crippen LogP contribution in [0.1, 0.15) is 29.8 Å². The summed E-state index contributed by atoms with van der Waals surface area (Å²) in [4.78, 5) is 16.2. The number of benzene rings is 1. The molecule has 0 fully saturated rings. The summed E-state index contributed by atoms with van der Waals surface area (Å²) in [5.74, 6) is 0.193. The zero-order chi connectivity index (χ0) is 14.5. The summed E-state index contributed by atoms with van der Waals surface area (Å²) in [5, 5.41) is 0. The number of pyridine rings is 1. The van der Waals surface area contributed by atoms with Crippen molar-refractivity contribution in [3.63, 3.8) is 0 Å².